The van der Waals surface area contributed by atoms with Crippen molar-refractivity contribution >= 4 is 22.8 Å². The number of rotatable bonds is 3. The van der Waals surface area contributed by atoms with E-state index in [2.05, 4.69) is 41.7 Å². The zero-order chi connectivity index (χ0) is 10.8. The Morgan fingerprint density at radius 3 is 3.07 bits per heavy atom. The Balaban J connectivity index is 2.27. The van der Waals surface area contributed by atoms with Gasteiger partial charge in [-0.05, 0) is 43.3 Å². The third-order valence-electron chi connectivity index (χ3n) is 2.13. The highest BCUT2D eigenvalue weighted by Crippen LogP contribution is 2.17. The van der Waals surface area contributed by atoms with Gasteiger partial charge in [-0.1, -0.05) is 18.2 Å². The number of imidazole rings is 1. The summed E-state index contributed by atoms with van der Waals surface area (Å²) in [5.74, 6) is 0.947. The van der Waals surface area contributed by atoms with Crippen molar-refractivity contribution in [1.29, 1.82) is 0 Å². The van der Waals surface area contributed by atoms with E-state index in [1.807, 2.05) is 6.92 Å². The fourth-order valence-corrected chi connectivity index (χ4v) is 2.17. The maximum atomic E-state index is 3.89. The van der Waals surface area contributed by atoms with Gasteiger partial charge in [0.25, 0.3) is 0 Å². The van der Waals surface area contributed by atoms with Gasteiger partial charge >= 0.3 is 5.16 Å². The number of hydrogen-bond donors (Lipinski definition) is 1. The predicted octanol–water partition coefficient (Wildman–Crippen LogP) is 2.96. The second kappa shape index (κ2) is 4.11. The zero-order valence-electron chi connectivity index (χ0n) is 9.05. The van der Waals surface area contributed by atoms with Crippen LogP contribution in [0.25, 0.3) is 11.0 Å². The number of aromatic amines is 2. The van der Waals surface area contributed by atoms with E-state index in [1.54, 1.807) is 11.8 Å². The lowest BCUT2D eigenvalue weighted by Crippen LogP contribution is -2.01. The minimum Gasteiger partial charge on any atom is -0.231 e. The van der Waals surface area contributed by atoms with E-state index in [9.17, 15) is 0 Å². The molecule has 0 aliphatic rings. The second-order valence-electron chi connectivity index (χ2n) is 3.87. The highest BCUT2D eigenvalue weighted by Gasteiger charge is 2.09. The van der Waals surface area contributed by atoms with Gasteiger partial charge in [0.15, 0.2) is 11.0 Å². The van der Waals surface area contributed by atoms with Crippen molar-refractivity contribution in [3.8, 4) is 0 Å². The van der Waals surface area contributed by atoms with Crippen LogP contribution in [0.4, 0.5) is 0 Å². The van der Waals surface area contributed by atoms with Gasteiger partial charge in [0.2, 0.25) is 0 Å². The summed E-state index contributed by atoms with van der Waals surface area (Å²) >= 11 is 1.75. The summed E-state index contributed by atoms with van der Waals surface area (Å²) in [7, 11) is 0. The Morgan fingerprint density at radius 2 is 2.33 bits per heavy atom. The van der Waals surface area contributed by atoms with Crippen LogP contribution in [0.5, 0.6) is 0 Å². The minimum absolute atomic E-state index is 0.947. The van der Waals surface area contributed by atoms with Crippen molar-refractivity contribution in [3.63, 3.8) is 0 Å². The van der Waals surface area contributed by atoms with Gasteiger partial charge < -0.3 is 0 Å². The standard InChI is InChI=1S/C12H14N2S/c1-8(2)7-15-12-13-10-5-4-9(3)6-11(10)14-12/h4-6H,1,7H2,2-3H3,(H,13,14)/p+1. The number of fused-ring (bicyclic) bond motifs is 1. The Bertz CT molecular complexity index is 499. The quantitative estimate of drug-likeness (QED) is 0.624. The van der Waals surface area contributed by atoms with E-state index in [0.717, 1.165) is 16.4 Å². The molecule has 2 N–H and O–H groups in total. The monoisotopic (exact) mass is 219 g/mol. The molecule has 0 amide bonds. The van der Waals surface area contributed by atoms with Gasteiger partial charge in [-0.2, -0.15) is 0 Å². The maximum Gasteiger partial charge on any atom is 0.314 e. The fraction of sp³-hybridized carbons (Fsp3) is 0.250. The molecule has 0 saturated heterocycles. The van der Waals surface area contributed by atoms with Crippen molar-refractivity contribution in [3.05, 3.63) is 35.9 Å². The molecule has 0 aliphatic heterocycles. The van der Waals surface area contributed by atoms with Gasteiger partial charge in [0.05, 0.1) is 0 Å². The van der Waals surface area contributed by atoms with Gasteiger partial charge in [-0.3, -0.25) is 0 Å². The summed E-state index contributed by atoms with van der Waals surface area (Å²) in [6.07, 6.45) is 0. The molecule has 0 atom stereocenters. The van der Waals surface area contributed by atoms with Gasteiger partial charge in [-0.25, -0.2) is 9.97 Å². The number of aryl methyl sites for hydroxylation is 1. The van der Waals surface area contributed by atoms with E-state index >= 15 is 0 Å². The van der Waals surface area contributed by atoms with Crippen LogP contribution < -0.4 is 4.98 Å². The average molecular weight is 219 g/mol. The highest BCUT2D eigenvalue weighted by molar-refractivity contribution is 7.99. The van der Waals surface area contributed by atoms with Crippen molar-refractivity contribution < 1.29 is 4.98 Å². The fourth-order valence-electron chi connectivity index (χ4n) is 1.41. The Labute approximate surface area is 93.8 Å². The molecule has 3 heteroatoms. The average Bonchev–Trinajstić information content (AvgIpc) is 2.56. The summed E-state index contributed by atoms with van der Waals surface area (Å²) < 4.78 is 0. The molecule has 0 saturated carbocycles. The summed E-state index contributed by atoms with van der Waals surface area (Å²) in [5, 5.41) is 1.10. The van der Waals surface area contributed by atoms with Crippen LogP contribution in [0.3, 0.4) is 0 Å². The number of thioether (sulfide) groups is 1. The first kappa shape index (κ1) is 10.3. The molecule has 0 aliphatic carbocycles. The highest BCUT2D eigenvalue weighted by atomic mass is 32.2. The molecule has 15 heavy (non-hydrogen) atoms. The molecule has 0 spiro atoms. The van der Waals surface area contributed by atoms with Crippen LogP contribution in [0.2, 0.25) is 0 Å². The smallest absolute Gasteiger partial charge is 0.231 e. The lowest BCUT2D eigenvalue weighted by molar-refractivity contribution is -0.396. The largest absolute Gasteiger partial charge is 0.314 e. The number of aromatic nitrogens is 2. The van der Waals surface area contributed by atoms with E-state index in [0.29, 0.717) is 0 Å². The van der Waals surface area contributed by atoms with Gasteiger partial charge in [0, 0.05) is 5.75 Å². The van der Waals surface area contributed by atoms with Gasteiger partial charge in [-0.15, -0.1) is 0 Å². The van der Waals surface area contributed by atoms with Crippen LogP contribution in [-0.4, -0.2) is 10.7 Å². The maximum absolute atomic E-state index is 3.89. The van der Waals surface area contributed by atoms with Gasteiger partial charge in [0.1, 0.15) is 0 Å². The van der Waals surface area contributed by atoms with Crippen molar-refractivity contribution in [2.24, 2.45) is 0 Å². The van der Waals surface area contributed by atoms with Crippen LogP contribution in [0.1, 0.15) is 12.5 Å². The first-order valence-corrected chi connectivity index (χ1v) is 5.92. The molecule has 0 bridgehead atoms. The molecule has 0 fully saturated rings. The topological polar surface area (TPSA) is 29.9 Å². The van der Waals surface area contributed by atoms with E-state index in [4.69, 9.17) is 0 Å². The van der Waals surface area contributed by atoms with Crippen LogP contribution in [0.15, 0.2) is 35.5 Å². The Morgan fingerprint density at radius 1 is 1.53 bits per heavy atom. The third kappa shape index (κ3) is 2.42. The molecule has 1 aromatic carbocycles. The predicted molar refractivity (Wildman–Crippen MR) is 65.1 cm³/mol. The molecule has 78 valence electrons. The molecular weight excluding hydrogens is 204 g/mol. The summed E-state index contributed by atoms with van der Waals surface area (Å²) in [5.41, 5.74) is 4.78. The lowest BCUT2D eigenvalue weighted by atomic mass is 10.2. The summed E-state index contributed by atoms with van der Waals surface area (Å²) in [6, 6.07) is 6.36. The molecular formula is C12H15N2S+. The Kier molecular flexibility index (Phi) is 2.82. The molecule has 2 aromatic rings. The number of nitrogens with one attached hydrogen (secondary N) is 2. The lowest BCUT2D eigenvalue weighted by Gasteiger charge is -1.90. The first-order valence-electron chi connectivity index (χ1n) is 4.94. The number of H-pyrrole nitrogens is 2. The van der Waals surface area contributed by atoms with E-state index < -0.39 is 0 Å². The summed E-state index contributed by atoms with van der Waals surface area (Å²) in [6.45, 7) is 8.03. The molecule has 2 nitrogen and oxygen atoms in total. The van der Waals surface area contributed by atoms with Crippen LogP contribution >= 0.6 is 11.8 Å². The van der Waals surface area contributed by atoms with Crippen LogP contribution in [-0.2, 0) is 0 Å². The van der Waals surface area contributed by atoms with Crippen molar-refractivity contribution in [2.75, 3.05) is 5.75 Å². The zero-order valence-corrected chi connectivity index (χ0v) is 9.87. The number of benzene rings is 1. The number of hydrogen-bond acceptors (Lipinski definition) is 1. The second-order valence-corrected chi connectivity index (χ2v) is 4.86. The van der Waals surface area contributed by atoms with Crippen molar-refractivity contribution in [2.45, 2.75) is 19.0 Å². The van der Waals surface area contributed by atoms with Crippen LogP contribution in [0, 0.1) is 6.92 Å². The summed E-state index contributed by atoms with van der Waals surface area (Å²) in [4.78, 5) is 6.70. The molecule has 1 heterocycles. The molecule has 2 rings (SSSR count). The first-order chi connectivity index (χ1) is 7.15. The third-order valence-corrected chi connectivity index (χ3v) is 3.26. The molecule has 0 radical (unpaired) electrons. The van der Waals surface area contributed by atoms with E-state index in [-0.39, 0.29) is 0 Å². The van der Waals surface area contributed by atoms with Crippen molar-refractivity contribution in [1.82, 2.24) is 4.98 Å². The SMILES string of the molecule is C=C(C)CSc1[nH]c2cc(C)ccc2[nH+]1. The molecule has 1 aromatic heterocycles. The Hall–Kier alpha value is -1.22. The van der Waals surface area contributed by atoms with E-state index in [1.165, 1.54) is 16.7 Å². The molecule has 0 unspecified atom stereocenters. The minimum atomic E-state index is 0.947. The normalized spacial score (nSPS) is 10.8.